The summed E-state index contributed by atoms with van der Waals surface area (Å²) < 4.78 is 5.30. The quantitative estimate of drug-likeness (QED) is 0.762. The molecule has 0 aromatic carbocycles. The number of aromatic nitrogens is 1. The molecule has 1 aliphatic rings. The van der Waals surface area contributed by atoms with Crippen molar-refractivity contribution in [3.8, 4) is 6.07 Å². The maximum atomic E-state index is 12.3. The predicted octanol–water partition coefficient (Wildman–Crippen LogP) is 3.47. The monoisotopic (exact) mass is 410 g/mol. The van der Waals surface area contributed by atoms with E-state index in [1.807, 2.05) is 6.07 Å². The van der Waals surface area contributed by atoms with Crippen LogP contribution in [0.4, 0.5) is 9.80 Å². The van der Waals surface area contributed by atoms with Crippen LogP contribution in [0.2, 0.25) is 0 Å². The van der Waals surface area contributed by atoms with Crippen molar-refractivity contribution in [2.45, 2.75) is 19.3 Å². The van der Waals surface area contributed by atoms with Crippen LogP contribution in [-0.4, -0.2) is 42.6 Å². The van der Waals surface area contributed by atoms with Gasteiger partial charge >= 0.3 is 6.09 Å². The molecule has 0 bridgehead atoms. The Hall–Kier alpha value is -3.18. The summed E-state index contributed by atoms with van der Waals surface area (Å²) >= 11 is 1.43. The molecule has 8 heteroatoms. The molecular weight excluding hydrogens is 388 g/mol. The number of nitrogens with zero attached hydrogens (tertiary/aromatic N) is 3. The Labute approximate surface area is 173 Å². The van der Waals surface area contributed by atoms with Crippen LogP contribution in [-0.2, 0) is 22.4 Å². The molecule has 0 saturated heterocycles. The van der Waals surface area contributed by atoms with Gasteiger partial charge in [-0.2, -0.15) is 5.26 Å². The van der Waals surface area contributed by atoms with Gasteiger partial charge in [0.25, 0.3) is 0 Å². The zero-order chi connectivity index (χ0) is 20.8. The molecule has 150 valence electrons. The van der Waals surface area contributed by atoms with Crippen molar-refractivity contribution in [2.75, 3.05) is 26.0 Å². The number of anilines is 1. The van der Waals surface area contributed by atoms with E-state index in [0.717, 1.165) is 35.3 Å². The van der Waals surface area contributed by atoms with Gasteiger partial charge in [-0.15, -0.1) is 11.3 Å². The summed E-state index contributed by atoms with van der Waals surface area (Å²) in [7, 11) is 3.30. The summed E-state index contributed by atoms with van der Waals surface area (Å²) in [6, 6.07) is 5.88. The van der Waals surface area contributed by atoms with Crippen LogP contribution in [0.25, 0.3) is 6.08 Å². The highest BCUT2D eigenvalue weighted by molar-refractivity contribution is 7.16. The predicted molar refractivity (Wildman–Crippen MR) is 111 cm³/mol. The molecule has 0 radical (unpaired) electrons. The third kappa shape index (κ3) is 5.21. The molecule has 2 amide bonds. The molecule has 0 fully saturated rings. The SMILES string of the molecule is CN(C)C(=O)OC[C@@H]1CCc2c(sc(NC(=O)C=Cc3cccnc3)c2C#N)C1. The summed E-state index contributed by atoms with van der Waals surface area (Å²) in [4.78, 5) is 30.4. The number of nitrogens with one attached hydrogen (secondary N) is 1. The Morgan fingerprint density at radius 1 is 1.48 bits per heavy atom. The molecule has 2 heterocycles. The third-order valence-electron chi connectivity index (χ3n) is 4.64. The zero-order valence-corrected chi connectivity index (χ0v) is 17.2. The lowest BCUT2D eigenvalue weighted by molar-refractivity contribution is -0.111. The van der Waals surface area contributed by atoms with Gasteiger partial charge in [0.2, 0.25) is 5.91 Å². The minimum Gasteiger partial charge on any atom is -0.449 e. The number of pyridine rings is 1. The van der Waals surface area contributed by atoms with Gasteiger partial charge in [0.1, 0.15) is 11.1 Å². The second kappa shape index (κ2) is 9.34. The first kappa shape index (κ1) is 20.6. The van der Waals surface area contributed by atoms with E-state index in [2.05, 4.69) is 16.4 Å². The first-order valence-corrected chi connectivity index (χ1v) is 10.1. The Kier molecular flexibility index (Phi) is 6.62. The second-order valence-corrected chi connectivity index (χ2v) is 8.11. The van der Waals surface area contributed by atoms with Gasteiger partial charge in [-0.25, -0.2) is 4.79 Å². The highest BCUT2D eigenvalue weighted by atomic mass is 32.1. The number of rotatable bonds is 5. The maximum Gasteiger partial charge on any atom is 0.409 e. The Morgan fingerprint density at radius 2 is 2.31 bits per heavy atom. The molecule has 0 spiro atoms. The van der Waals surface area contributed by atoms with Crippen molar-refractivity contribution in [2.24, 2.45) is 5.92 Å². The minimum atomic E-state index is -0.354. The van der Waals surface area contributed by atoms with E-state index in [-0.39, 0.29) is 17.9 Å². The topological polar surface area (TPSA) is 95.3 Å². The fraction of sp³-hybridized carbons (Fsp3) is 0.333. The maximum absolute atomic E-state index is 12.3. The highest BCUT2D eigenvalue weighted by Crippen LogP contribution is 2.39. The molecule has 1 atom stereocenters. The summed E-state index contributed by atoms with van der Waals surface area (Å²) in [5.74, 6) is -0.0777. The average molecular weight is 410 g/mol. The Morgan fingerprint density at radius 3 is 3.00 bits per heavy atom. The van der Waals surface area contributed by atoms with Gasteiger partial charge in [-0.05, 0) is 48.4 Å². The number of fused-ring (bicyclic) bond motifs is 1. The Balaban J connectivity index is 1.66. The van der Waals surface area contributed by atoms with Crippen molar-refractivity contribution in [3.63, 3.8) is 0 Å². The van der Waals surface area contributed by atoms with Crippen LogP contribution in [0.5, 0.6) is 0 Å². The van der Waals surface area contributed by atoms with E-state index in [1.165, 1.54) is 22.3 Å². The summed E-state index contributed by atoms with van der Waals surface area (Å²) in [6.45, 7) is 0.353. The normalized spacial score (nSPS) is 15.4. The van der Waals surface area contributed by atoms with Crippen molar-refractivity contribution in [3.05, 3.63) is 52.2 Å². The highest BCUT2D eigenvalue weighted by Gasteiger charge is 2.27. The molecule has 0 saturated carbocycles. The second-order valence-electron chi connectivity index (χ2n) is 7.01. The standard InChI is InChI=1S/C21H22N4O3S/c1-25(2)21(27)28-13-15-5-7-16-17(11-22)20(29-18(16)10-15)24-19(26)8-6-14-4-3-9-23-12-14/h3-4,6,8-9,12,15H,5,7,10,13H2,1-2H3,(H,24,26)/t15-/m1/s1. The van der Waals surface area contributed by atoms with E-state index >= 15 is 0 Å². The molecule has 29 heavy (non-hydrogen) atoms. The summed E-state index contributed by atoms with van der Waals surface area (Å²) in [5, 5.41) is 13.0. The van der Waals surface area contributed by atoms with Crippen molar-refractivity contribution >= 4 is 34.4 Å². The minimum absolute atomic E-state index is 0.214. The fourth-order valence-corrected chi connectivity index (χ4v) is 4.44. The van der Waals surface area contributed by atoms with E-state index in [9.17, 15) is 14.9 Å². The van der Waals surface area contributed by atoms with Gasteiger partial charge in [-0.1, -0.05) is 6.07 Å². The molecule has 2 aromatic heterocycles. The van der Waals surface area contributed by atoms with Crippen LogP contribution in [0.1, 0.15) is 28.0 Å². The van der Waals surface area contributed by atoms with Gasteiger partial charge in [0.15, 0.2) is 0 Å². The molecule has 1 aliphatic carbocycles. The van der Waals surface area contributed by atoms with Gasteiger partial charge in [0, 0.05) is 37.4 Å². The lowest BCUT2D eigenvalue weighted by Gasteiger charge is -2.22. The zero-order valence-electron chi connectivity index (χ0n) is 16.3. The van der Waals surface area contributed by atoms with E-state index in [0.29, 0.717) is 17.2 Å². The largest absolute Gasteiger partial charge is 0.449 e. The van der Waals surface area contributed by atoms with Crippen LogP contribution < -0.4 is 5.32 Å². The number of carbonyl (C=O) groups excluding carboxylic acids is 2. The van der Waals surface area contributed by atoms with Crippen LogP contribution in [0.15, 0.2) is 30.6 Å². The fourth-order valence-electron chi connectivity index (χ4n) is 3.12. The first-order chi connectivity index (χ1) is 14.0. The first-order valence-electron chi connectivity index (χ1n) is 9.25. The van der Waals surface area contributed by atoms with Gasteiger partial charge < -0.3 is 15.0 Å². The molecule has 1 N–H and O–H groups in total. The molecule has 7 nitrogen and oxygen atoms in total. The Bertz CT molecular complexity index is 960. The van der Waals surface area contributed by atoms with E-state index in [1.54, 1.807) is 38.6 Å². The number of hydrogen-bond acceptors (Lipinski definition) is 6. The smallest absolute Gasteiger partial charge is 0.409 e. The van der Waals surface area contributed by atoms with Crippen molar-refractivity contribution in [1.82, 2.24) is 9.88 Å². The number of hydrogen-bond donors (Lipinski definition) is 1. The number of carbonyl (C=O) groups is 2. The molecule has 3 rings (SSSR count). The third-order valence-corrected chi connectivity index (χ3v) is 5.80. The number of ether oxygens (including phenoxy) is 1. The van der Waals surface area contributed by atoms with E-state index < -0.39 is 0 Å². The van der Waals surface area contributed by atoms with E-state index in [4.69, 9.17) is 4.74 Å². The van der Waals surface area contributed by atoms with Crippen molar-refractivity contribution in [1.29, 1.82) is 5.26 Å². The van der Waals surface area contributed by atoms with Crippen LogP contribution in [0.3, 0.4) is 0 Å². The average Bonchev–Trinajstić information content (AvgIpc) is 3.07. The number of amides is 2. The van der Waals surface area contributed by atoms with Crippen LogP contribution >= 0.6 is 11.3 Å². The summed E-state index contributed by atoms with van der Waals surface area (Å²) in [6.07, 6.45) is 8.40. The molecular formula is C21H22N4O3S. The molecule has 0 unspecified atom stereocenters. The molecule has 0 aliphatic heterocycles. The van der Waals surface area contributed by atoms with Crippen molar-refractivity contribution < 1.29 is 14.3 Å². The summed E-state index contributed by atoms with van der Waals surface area (Å²) in [5.41, 5.74) is 2.36. The molecule has 2 aromatic rings. The van der Waals surface area contributed by atoms with Gasteiger partial charge in [-0.3, -0.25) is 9.78 Å². The van der Waals surface area contributed by atoms with Crippen LogP contribution in [0, 0.1) is 17.2 Å². The van der Waals surface area contributed by atoms with Gasteiger partial charge in [0.05, 0.1) is 12.2 Å². The lowest BCUT2D eigenvalue weighted by Crippen LogP contribution is -2.27. The lowest BCUT2D eigenvalue weighted by atomic mass is 9.88. The number of thiophene rings is 1. The number of nitriles is 1.